The van der Waals surface area contributed by atoms with Crippen LogP contribution in [0.25, 0.3) is 11.3 Å². The molecule has 0 atom stereocenters. The van der Waals surface area contributed by atoms with Gasteiger partial charge >= 0.3 is 0 Å². The molecule has 0 radical (unpaired) electrons. The van der Waals surface area contributed by atoms with Crippen molar-refractivity contribution in [1.29, 1.82) is 0 Å². The molecule has 1 aromatic carbocycles. The topological polar surface area (TPSA) is 43.8 Å². The molecule has 1 aromatic heterocycles. The smallest absolute Gasteiger partial charge is 0.131 e. The first-order valence-corrected chi connectivity index (χ1v) is 6.45. The molecule has 2 rings (SSSR count). The molecule has 0 spiro atoms. The van der Waals surface area contributed by atoms with Crippen molar-refractivity contribution in [2.24, 2.45) is 7.05 Å². The molecule has 0 aliphatic heterocycles. The van der Waals surface area contributed by atoms with Crippen LogP contribution in [0.5, 0.6) is 0 Å². The highest BCUT2D eigenvalue weighted by molar-refractivity contribution is 6.39. The number of hydrogen-bond acceptors (Lipinski definition) is 2. The minimum absolute atomic E-state index is 0.285. The van der Waals surface area contributed by atoms with Crippen molar-refractivity contribution < 1.29 is 0 Å². The summed E-state index contributed by atoms with van der Waals surface area (Å²) < 4.78 is 1.87. The van der Waals surface area contributed by atoms with E-state index in [1.807, 2.05) is 11.6 Å². The van der Waals surface area contributed by atoms with Crippen LogP contribution < -0.4 is 5.73 Å². The summed E-state index contributed by atoms with van der Waals surface area (Å²) in [7, 11) is 1.89. The molecule has 0 aliphatic rings. The van der Waals surface area contributed by atoms with E-state index in [9.17, 15) is 0 Å². The van der Waals surface area contributed by atoms with Crippen LogP contribution in [-0.2, 0) is 7.05 Å². The molecule has 2 aromatic rings. The van der Waals surface area contributed by atoms with Crippen molar-refractivity contribution in [3.63, 3.8) is 0 Å². The molecule has 18 heavy (non-hydrogen) atoms. The summed E-state index contributed by atoms with van der Waals surface area (Å²) in [4.78, 5) is 4.57. The monoisotopic (exact) mass is 283 g/mol. The number of benzene rings is 1. The lowest BCUT2D eigenvalue weighted by Crippen LogP contribution is -2.02. The van der Waals surface area contributed by atoms with Crippen molar-refractivity contribution >= 4 is 29.0 Å². The van der Waals surface area contributed by atoms with E-state index in [-0.39, 0.29) is 5.92 Å². The summed E-state index contributed by atoms with van der Waals surface area (Å²) in [5.41, 5.74) is 7.44. The van der Waals surface area contributed by atoms with E-state index in [4.69, 9.17) is 28.9 Å². The average molecular weight is 284 g/mol. The number of aromatic nitrogens is 2. The fourth-order valence-corrected chi connectivity index (χ4v) is 2.53. The van der Waals surface area contributed by atoms with E-state index < -0.39 is 0 Å². The van der Waals surface area contributed by atoms with Gasteiger partial charge in [-0.25, -0.2) is 4.98 Å². The van der Waals surface area contributed by atoms with Crippen LogP contribution in [0.2, 0.25) is 10.0 Å². The number of hydrogen-bond donors (Lipinski definition) is 1. The number of nitrogen functional groups attached to an aromatic ring is 1. The molecular formula is C13H15Cl2N3. The zero-order chi connectivity index (χ0) is 13.4. The van der Waals surface area contributed by atoms with Gasteiger partial charge in [0.1, 0.15) is 17.3 Å². The highest BCUT2D eigenvalue weighted by Gasteiger charge is 2.19. The van der Waals surface area contributed by atoms with Gasteiger partial charge < -0.3 is 10.3 Å². The van der Waals surface area contributed by atoms with E-state index in [0.717, 1.165) is 5.82 Å². The minimum Gasteiger partial charge on any atom is -0.383 e. The largest absolute Gasteiger partial charge is 0.383 e. The Hall–Kier alpha value is -1.19. The number of nitrogens with zero attached hydrogens (tertiary/aromatic N) is 2. The van der Waals surface area contributed by atoms with Crippen LogP contribution in [-0.4, -0.2) is 9.55 Å². The maximum Gasteiger partial charge on any atom is 0.131 e. The molecule has 1 heterocycles. The summed E-state index contributed by atoms with van der Waals surface area (Å²) in [6, 6.07) is 5.37. The molecule has 0 fully saturated rings. The van der Waals surface area contributed by atoms with Crippen LogP contribution >= 0.6 is 23.2 Å². The van der Waals surface area contributed by atoms with E-state index >= 15 is 0 Å². The van der Waals surface area contributed by atoms with Gasteiger partial charge in [-0.1, -0.05) is 43.1 Å². The Morgan fingerprint density at radius 2 is 1.78 bits per heavy atom. The molecule has 0 saturated heterocycles. The third-order valence-corrected chi connectivity index (χ3v) is 3.52. The van der Waals surface area contributed by atoms with Crippen LogP contribution in [0, 0.1) is 0 Å². The number of imidazole rings is 1. The maximum atomic E-state index is 6.19. The molecule has 5 heteroatoms. The Bertz CT molecular complexity index is 568. The number of rotatable bonds is 2. The van der Waals surface area contributed by atoms with Gasteiger partial charge in [0.25, 0.3) is 0 Å². The summed E-state index contributed by atoms with van der Waals surface area (Å²) in [6.07, 6.45) is 0. The normalized spacial score (nSPS) is 11.2. The molecule has 0 aliphatic carbocycles. The van der Waals surface area contributed by atoms with Gasteiger partial charge in [0.15, 0.2) is 0 Å². The second kappa shape index (κ2) is 4.82. The Morgan fingerprint density at radius 3 is 2.22 bits per heavy atom. The van der Waals surface area contributed by atoms with Gasteiger partial charge in [0.05, 0.1) is 10.0 Å². The highest BCUT2D eigenvalue weighted by atomic mass is 35.5. The molecule has 2 N–H and O–H groups in total. The van der Waals surface area contributed by atoms with Gasteiger partial charge in [-0.2, -0.15) is 0 Å². The highest BCUT2D eigenvalue weighted by Crippen LogP contribution is 2.37. The third kappa shape index (κ3) is 2.08. The Balaban J connectivity index is 2.69. The lowest BCUT2D eigenvalue weighted by Gasteiger charge is -2.05. The quantitative estimate of drug-likeness (QED) is 0.902. The molecule has 96 valence electrons. The Labute approximate surface area is 117 Å². The SMILES string of the molecule is CC(C)c1nc(-c2c(Cl)cccc2Cl)c(N)n1C. The van der Waals surface area contributed by atoms with E-state index in [0.29, 0.717) is 27.1 Å². The second-order valence-electron chi connectivity index (χ2n) is 4.51. The molecule has 0 amide bonds. The van der Waals surface area contributed by atoms with Crippen molar-refractivity contribution in [1.82, 2.24) is 9.55 Å². The van der Waals surface area contributed by atoms with Crippen LogP contribution in [0.3, 0.4) is 0 Å². The summed E-state index contributed by atoms with van der Waals surface area (Å²) in [6.45, 7) is 4.14. The first kappa shape index (κ1) is 13.2. The molecule has 0 saturated carbocycles. The predicted octanol–water partition coefficient (Wildman–Crippen LogP) is 4.10. The lowest BCUT2D eigenvalue weighted by atomic mass is 10.1. The Kier molecular flexibility index (Phi) is 3.55. The van der Waals surface area contributed by atoms with Crippen molar-refractivity contribution in [2.45, 2.75) is 19.8 Å². The third-order valence-electron chi connectivity index (χ3n) is 2.89. The number of anilines is 1. The maximum absolute atomic E-state index is 6.19. The van der Waals surface area contributed by atoms with Gasteiger partial charge in [0, 0.05) is 18.5 Å². The zero-order valence-corrected chi connectivity index (χ0v) is 12.0. The van der Waals surface area contributed by atoms with Crippen LogP contribution in [0.4, 0.5) is 5.82 Å². The zero-order valence-electron chi connectivity index (χ0n) is 10.5. The summed E-state index contributed by atoms with van der Waals surface area (Å²) in [5, 5.41) is 1.12. The number of halogens is 2. The average Bonchev–Trinajstić information content (AvgIpc) is 2.57. The minimum atomic E-state index is 0.285. The predicted molar refractivity (Wildman–Crippen MR) is 77.2 cm³/mol. The van der Waals surface area contributed by atoms with E-state index in [1.165, 1.54) is 0 Å². The molecular weight excluding hydrogens is 269 g/mol. The Morgan fingerprint density at radius 1 is 1.22 bits per heavy atom. The van der Waals surface area contributed by atoms with Crippen LogP contribution in [0.1, 0.15) is 25.6 Å². The first-order chi connectivity index (χ1) is 8.43. The number of nitrogens with two attached hydrogens (primary N) is 1. The first-order valence-electron chi connectivity index (χ1n) is 5.70. The van der Waals surface area contributed by atoms with Gasteiger partial charge in [-0.05, 0) is 12.1 Å². The molecule has 0 bridgehead atoms. The summed E-state index contributed by atoms with van der Waals surface area (Å²) in [5.74, 6) is 1.78. The fourth-order valence-electron chi connectivity index (χ4n) is 1.95. The van der Waals surface area contributed by atoms with Gasteiger partial charge in [-0.15, -0.1) is 0 Å². The van der Waals surface area contributed by atoms with Crippen molar-refractivity contribution in [3.05, 3.63) is 34.1 Å². The van der Waals surface area contributed by atoms with Crippen molar-refractivity contribution in [3.8, 4) is 11.3 Å². The van der Waals surface area contributed by atoms with E-state index in [1.54, 1.807) is 18.2 Å². The second-order valence-corrected chi connectivity index (χ2v) is 5.33. The summed E-state index contributed by atoms with van der Waals surface area (Å²) >= 11 is 12.4. The van der Waals surface area contributed by atoms with Gasteiger partial charge in [0.2, 0.25) is 0 Å². The molecule has 3 nitrogen and oxygen atoms in total. The molecule has 0 unspecified atom stereocenters. The standard InChI is InChI=1S/C13H15Cl2N3/c1-7(2)13-17-11(12(16)18(13)3)10-8(14)5-4-6-9(10)15/h4-7H,16H2,1-3H3. The fraction of sp³-hybridized carbons (Fsp3) is 0.308. The lowest BCUT2D eigenvalue weighted by molar-refractivity contribution is 0.715. The van der Waals surface area contributed by atoms with Gasteiger partial charge in [-0.3, -0.25) is 0 Å². The van der Waals surface area contributed by atoms with Crippen LogP contribution in [0.15, 0.2) is 18.2 Å². The van der Waals surface area contributed by atoms with E-state index in [2.05, 4.69) is 18.8 Å². The van der Waals surface area contributed by atoms with Crippen molar-refractivity contribution in [2.75, 3.05) is 5.73 Å².